The number of nitrogens with one attached hydrogen (secondary N) is 1. The summed E-state index contributed by atoms with van der Waals surface area (Å²) in [5.41, 5.74) is 0. The summed E-state index contributed by atoms with van der Waals surface area (Å²) in [6.07, 6.45) is 1.21. The Kier molecular flexibility index (Phi) is 2.88. The van der Waals surface area contributed by atoms with Crippen molar-refractivity contribution in [3.8, 4) is 0 Å². The number of aromatic nitrogens is 2. The minimum absolute atomic E-state index is 0.661. The van der Waals surface area contributed by atoms with Gasteiger partial charge in [0.25, 0.3) is 0 Å². The highest BCUT2D eigenvalue weighted by Gasteiger charge is 2.43. The van der Waals surface area contributed by atoms with E-state index in [-0.39, 0.29) is 0 Å². The second-order valence-corrected chi connectivity index (χ2v) is 5.22. The Labute approximate surface area is 102 Å². The Morgan fingerprint density at radius 1 is 1.47 bits per heavy atom. The standard InChI is InChI=1S/C12H20N4O/c1-3-11-10-5-13-4-9(10)6-16(11)7-12-14-8(2)17-15-12/h9-11,13H,3-7H2,1-2H3. The maximum absolute atomic E-state index is 5.04. The number of rotatable bonds is 3. The molecule has 17 heavy (non-hydrogen) atoms. The van der Waals surface area contributed by atoms with Crippen molar-refractivity contribution in [2.75, 3.05) is 19.6 Å². The zero-order valence-electron chi connectivity index (χ0n) is 10.5. The molecule has 0 saturated carbocycles. The third-order valence-corrected chi connectivity index (χ3v) is 4.16. The first kappa shape index (κ1) is 11.2. The molecule has 3 heterocycles. The van der Waals surface area contributed by atoms with Crippen molar-refractivity contribution in [2.45, 2.75) is 32.9 Å². The van der Waals surface area contributed by atoms with Crippen LogP contribution in [0.15, 0.2) is 4.52 Å². The minimum Gasteiger partial charge on any atom is -0.340 e. The van der Waals surface area contributed by atoms with Crippen molar-refractivity contribution in [1.29, 1.82) is 0 Å². The van der Waals surface area contributed by atoms with Gasteiger partial charge in [-0.3, -0.25) is 4.90 Å². The second-order valence-electron chi connectivity index (χ2n) is 5.22. The Morgan fingerprint density at radius 2 is 2.35 bits per heavy atom. The maximum atomic E-state index is 5.04. The third-order valence-electron chi connectivity index (χ3n) is 4.16. The Hall–Kier alpha value is -0.940. The molecule has 3 unspecified atom stereocenters. The van der Waals surface area contributed by atoms with Crippen molar-refractivity contribution < 1.29 is 4.52 Å². The summed E-state index contributed by atoms with van der Waals surface area (Å²) < 4.78 is 5.04. The number of aryl methyl sites for hydroxylation is 1. The van der Waals surface area contributed by atoms with Crippen LogP contribution in [0, 0.1) is 18.8 Å². The van der Waals surface area contributed by atoms with Gasteiger partial charge < -0.3 is 9.84 Å². The molecule has 2 saturated heterocycles. The van der Waals surface area contributed by atoms with Gasteiger partial charge in [0.15, 0.2) is 5.82 Å². The third kappa shape index (κ3) is 1.98. The smallest absolute Gasteiger partial charge is 0.223 e. The van der Waals surface area contributed by atoms with Gasteiger partial charge in [0.1, 0.15) is 0 Å². The quantitative estimate of drug-likeness (QED) is 0.841. The van der Waals surface area contributed by atoms with E-state index in [0.717, 1.165) is 24.2 Å². The van der Waals surface area contributed by atoms with E-state index in [2.05, 4.69) is 27.3 Å². The Morgan fingerprint density at radius 3 is 3.06 bits per heavy atom. The van der Waals surface area contributed by atoms with Gasteiger partial charge in [0, 0.05) is 19.5 Å². The molecule has 0 spiro atoms. The van der Waals surface area contributed by atoms with Crippen molar-refractivity contribution in [3.05, 3.63) is 11.7 Å². The highest BCUT2D eigenvalue weighted by Crippen LogP contribution is 2.34. The van der Waals surface area contributed by atoms with Crippen LogP contribution in [0.4, 0.5) is 0 Å². The van der Waals surface area contributed by atoms with Crippen LogP contribution in [-0.2, 0) is 6.54 Å². The normalized spacial score (nSPS) is 33.2. The van der Waals surface area contributed by atoms with Crippen molar-refractivity contribution in [3.63, 3.8) is 0 Å². The Bertz CT molecular complexity index is 392. The molecular weight excluding hydrogens is 216 g/mol. The van der Waals surface area contributed by atoms with E-state index in [1.165, 1.54) is 26.1 Å². The highest BCUT2D eigenvalue weighted by atomic mass is 16.5. The van der Waals surface area contributed by atoms with Gasteiger partial charge in [-0.1, -0.05) is 12.1 Å². The average molecular weight is 236 g/mol. The lowest BCUT2D eigenvalue weighted by Gasteiger charge is -2.25. The number of hydrogen-bond donors (Lipinski definition) is 1. The molecule has 2 fully saturated rings. The number of fused-ring (bicyclic) bond motifs is 1. The summed E-state index contributed by atoms with van der Waals surface area (Å²) >= 11 is 0. The van der Waals surface area contributed by atoms with Gasteiger partial charge in [0.05, 0.1) is 6.54 Å². The molecule has 0 bridgehead atoms. The van der Waals surface area contributed by atoms with Crippen molar-refractivity contribution >= 4 is 0 Å². The van der Waals surface area contributed by atoms with Crippen LogP contribution < -0.4 is 5.32 Å². The molecule has 0 aromatic carbocycles. The predicted octanol–water partition coefficient (Wildman–Crippen LogP) is 0.808. The molecule has 3 atom stereocenters. The van der Waals surface area contributed by atoms with Gasteiger partial charge in [0.2, 0.25) is 5.89 Å². The predicted molar refractivity (Wildman–Crippen MR) is 63.4 cm³/mol. The molecular formula is C12H20N4O. The number of nitrogens with zero attached hydrogens (tertiary/aromatic N) is 3. The molecule has 1 aromatic rings. The fraction of sp³-hybridized carbons (Fsp3) is 0.833. The van der Waals surface area contributed by atoms with Crippen molar-refractivity contribution in [2.24, 2.45) is 11.8 Å². The first-order valence-electron chi connectivity index (χ1n) is 6.52. The summed E-state index contributed by atoms with van der Waals surface area (Å²) in [5.74, 6) is 3.11. The molecule has 94 valence electrons. The van der Waals surface area contributed by atoms with E-state index in [9.17, 15) is 0 Å². The molecule has 3 rings (SSSR count). The zero-order chi connectivity index (χ0) is 11.8. The second kappa shape index (κ2) is 4.38. The molecule has 2 aliphatic rings. The van der Waals surface area contributed by atoms with Crippen molar-refractivity contribution in [1.82, 2.24) is 20.4 Å². The van der Waals surface area contributed by atoms with E-state index >= 15 is 0 Å². The van der Waals surface area contributed by atoms with Crippen LogP contribution in [0.5, 0.6) is 0 Å². The van der Waals surface area contributed by atoms with Gasteiger partial charge in [-0.15, -0.1) is 0 Å². The van der Waals surface area contributed by atoms with Crippen LogP contribution in [0.25, 0.3) is 0 Å². The first-order chi connectivity index (χ1) is 8.28. The Balaban J connectivity index is 1.71. The van der Waals surface area contributed by atoms with E-state index in [1.807, 2.05) is 6.92 Å². The fourth-order valence-corrected chi connectivity index (χ4v) is 3.44. The summed E-state index contributed by atoms with van der Waals surface area (Å²) in [4.78, 5) is 6.83. The lowest BCUT2D eigenvalue weighted by molar-refractivity contribution is 0.203. The SMILES string of the molecule is CCC1C2CNCC2CN1Cc1noc(C)n1. The molecule has 0 amide bonds. The topological polar surface area (TPSA) is 54.2 Å². The van der Waals surface area contributed by atoms with Crippen LogP contribution in [-0.4, -0.2) is 40.7 Å². The lowest BCUT2D eigenvalue weighted by atomic mass is 9.93. The van der Waals surface area contributed by atoms with E-state index in [1.54, 1.807) is 0 Å². The monoisotopic (exact) mass is 236 g/mol. The summed E-state index contributed by atoms with van der Waals surface area (Å²) in [6, 6.07) is 0.675. The molecule has 5 nitrogen and oxygen atoms in total. The average Bonchev–Trinajstić information content (AvgIpc) is 2.95. The number of likely N-dealkylation sites (tertiary alicyclic amines) is 1. The fourth-order valence-electron chi connectivity index (χ4n) is 3.44. The molecule has 2 aliphatic heterocycles. The molecule has 5 heteroatoms. The van der Waals surface area contributed by atoms with Gasteiger partial charge in [-0.2, -0.15) is 4.98 Å². The van der Waals surface area contributed by atoms with Gasteiger partial charge >= 0.3 is 0 Å². The van der Waals surface area contributed by atoms with Crippen LogP contribution in [0.1, 0.15) is 25.1 Å². The van der Waals surface area contributed by atoms with Gasteiger partial charge in [-0.25, -0.2) is 0 Å². The zero-order valence-corrected chi connectivity index (χ0v) is 10.5. The van der Waals surface area contributed by atoms with Crippen LogP contribution in [0.2, 0.25) is 0 Å². The lowest BCUT2D eigenvalue weighted by Crippen LogP contribution is -2.34. The minimum atomic E-state index is 0.661. The molecule has 0 radical (unpaired) electrons. The maximum Gasteiger partial charge on any atom is 0.223 e. The summed E-state index contributed by atoms with van der Waals surface area (Å²) in [5, 5.41) is 7.50. The van der Waals surface area contributed by atoms with E-state index in [0.29, 0.717) is 11.9 Å². The van der Waals surface area contributed by atoms with E-state index in [4.69, 9.17) is 4.52 Å². The summed E-state index contributed by atoms with van der Waals surface area (Å²) in [7, 11) is 0. The summed E-state index contributed by atoms with van der Waals surface area (Å²) in [6.45, 7) is 8.47. The molecule has 0 aliphatic carbocycles. The largest absolute Gasteiger partial charge is 0.340 e. The van der Waals surface area contributed by atoms with Crippen LogP contribution in [0.3, 0.4) is 0 Å². The molecule has 1 aromatic heterocycles. The highest BCUT2D eigenvalue weighted by molar-refractivity contribution is 4.99. The molecule has 1 N–H and O–H groups in total. The van der Waals surface area contributed by atoms with E-state index < -0.39 is 0 Å². The first-order valence-corrected chi connectivity index (χ1v) is 6.52. The van der Waals surface area contributed by atoms with Crippen LogP contribution >= 0.6 is 0 Å². The van der Waals surface area contributed by atoms with Gasteiger partial charge in [-0.05, 0) is 31.3 Å². The number of hydrogen-bond acceptors (Lipinski definition) is 5.